The van der Waals surface area contributed by atoms with Gasteiger partial charge in [-0.15, -0.1) is 0 Å². The maximum atomic E-state index is 11.5. The van der Waals surface area contributed by atoms with Gasteiger partial charge in [0, 0.05) is 12.6 Å². The lowest BCUT2D eigenvalue weighted by Gasteiger charge is -2.12. The number of nitrogens with one attached hydrogen (secondary N) is 1. The molecular weight excluding hydrogens is 190 g/mol. The zero-order valence-corrected chi connectivity index (χ0v) is 8.94. The Morgan fingerprint density at radius 2 is 2.07 bits per heavy atom. The van der Waals surface area contributed by atoms with Gasteiger partial charge in [0.1, 0.15) is 0 Å². The minimum atomic E-state index is 0.00199. The minimum absolute atomic E-state index is 0.00199. The average molecular weight is 207 g/mol. The molecule has 0 spiro atoms. The summed E-state index contributed by atoms with van der Waals surface area (Å²) in [6, 6.07) is 9.65. The lowest BCUT2D eigenvalue weighted by Crippen LogP contribution is -2.34. The molecule has 0 aromatic heterocycles. The summed E-state index contributed by atoms with van der Waals surface area (Å²) in [5.41, 5.74) is 1.01. The van der Waals surface area contributed by atoms with E-state index in [9.17, 15) is 4.79 Å². The number of carbonyl (C=O) groups is 1. The normalized spacial score (nSPS) is 12.1. The molecule has 0 aliphatic rings. The fourth-order valence-electron chi connectivity index (χ4n) is 1.37. The monoisotopic (exact) mass is 207 g/mol. The van der Waals surface area contributed by atoms with E-state index in [1.807, 2.05) is 37.3 Å². The van der Waals surface area contributed by atoms with Crippen molar-refractivity contribution in [3.63, 3.8) is 0 Å². The van der Waals surface area contributed by atoms with Gasteiger partial charge in [0.15, 0.2) is 0 Å². The molecule has 1 unspecified atom stereocenters. The van der Waals surface area contributed by atoms with Crippen molar-refractivity contribution in [3.05, 3.63) is 35.9 Å². The Morgan fingerprint density at radius 3 is 2.67 bits per heavy atom. The van der Waals surface area contributed by atoms with Crippen molar-refractivity contribution in [1.82, 2.24) is 5.32 Å². The van der Waals surface area contributed by atoms with E-state index < -0.39 is 0 Å². The van der Waals surface area contributed by atoms with Crippen molar-refractivity contribution in [3.8, 4) is 0 Å². The zero-order valence-electron chi connectivity index (χ0n) is 8.94. The molecule has 0 radical (unpaired) electrons. The van der Waals surface area contributed by atoms with Crippen LogP contribution in [0, 0.1) is 0 Å². The molecule has 0 heterocycles. The third-order valence-electron chi connectivity index (χ3n) is 2.18. The van der Waals surface area contributed by atoms with E-state index >= 15 is 0 Å². The number of hydrogen-bond acceptors (Lipinski definition) is 2. The van der Waals surface area contributed by atoms with Crippen molar-refractivity contribution < 1.29 is 9.90 Å². The molecule has 0 aliphatic heterocycles. The number of aliphatic hydroxyl groups is 1. The number of carbonyl (C=O) groups excluding carboxylic acids is 1. The summed E-state index contributed by atoms with van der Waals surface area (Å²) < 4.78 is 0. The first-order chi connectivity index (χ1) is 7.22. The van der Waals surface area contributed by atoms with Crippen LogP contribution in [0.25, 0.3) is 0 Å². The molecule has 0 bridgehead atoms. The number of benzene rings is 1. The molecule has 3 heteroatoms. The van der Waals surface area contributed by atoms with Gasteiger partial charge in [-0.2, -0.15) is 0 Å². The Bertz CT molecular complexity index is 298. The van der Waals surface area contributed by atoms with Crippen molar-refractivity contribution in [2.75, 3.05) is 6.61 Å². The summed E-state index contributed by atoms with van der Waals surface area (Å²) in [5, 5.41) is 11.5. The molecular formula is C12H17NO2. The third-order valence-corrected chi connectivity index (χ3v) is 2.18. The quantitative estimate of drug-likeness (QED) is 0.760. The summed E-state index contributed by atoms with van der Waals surface area (Å²) in [6.07, 6.45) is 0.997. The van der Waals surface area contributed by atoms with Gasteiger partial charge in [-0.3, -0.25) is 4.79 Å². The Labute approximate surface area is 90.1 Å². The van der Waals surface area contributed by atoms with Gasteiger partial charge in [-0.1, -0.05) is 30.3 Å². The number of rotatable bonds is 5. The number of amides is 1. The van der Waals surface area contributed by atoms with Crippen LogP contribution in [0.15, 0.2) is 30.3 Å². The second kappa shape index (κ2) is 6.19. The fraction of sp³-hybridized carbons (Fsp3) is 0.417. The van der Waals surface area contributed by atoms with E-state index in [1.165, 1.54) is 0 Å². The minimum Gasteiger partial charge on any atom is -0.396 e. The molecule has 1 atom stereocenters. The van der Waals surface area contributed by atoms with Crippen LogP contribution in [-0.2, 0) is 11.2 Å². The van der Waals surface area contributed by atoms with Crippen LogP contribution >= 0.6 is 0 Å². The van der Waals surface area contributed by atoms with Crippen molar-refractivity contribution in [2.45, 2.75) is 25.8 Å². The predicted octanol–water partition coefficient (Wildman–Crippen LogP) is 1.12. The van der Waals surface area contributed by atoms with Crippen molar-refractivity contribution in [1.29, 1.82) is 0 Å². The summed E-state index contributed by atoms with van der Waals surface area (Å²) in [7, 11) is 0. The van der Waals surface area contributed by atoms with Crippen LogP contribution < -0.4 is 5.32 Å². The molecule has 2 N–H and O–H groups in total. The lowest BCUT2D eigenvalue weighted by molar-refractivity contribution is -0.121. The number of hydrogen-bond donors (Lipinski definition) is 2. The third kappa shape index (κ3) is 4.61. The summed E-state index contributed by atoms with van der Waals surface area (Å²) in [5.74, 6) is 0.00199. The SMILES string of the molecule is CC(CCO)NC(=O)Cc1ccccc1. The molecule has 0 saturated carbocycles. The maximum absolute atomic E-state index is 11.5. The van der Waals surface area contributed by atoms with Gasteiger partial charge in [-0.25, -0.2) is 0 Å². The van der Waals surface area contributed by atoms with Crippen LogP contribution in [0.4, 0.5) is 0 Å². The second-order valence-corrected chi connectivity index (χ2v) is 3.64. The van der Waals surface area contributed by atoms with E-state index in [4.69, 9.17) is 5.11 Å². The van der Waals surface area contributed by atoms with E-state index in [-0.39, 0.29) is 18.6 Å². The molecule has 0 fully saturated rings. The highest BCUT2D eigenvalue weighted by molar-refractivity contribution is 5.78. The maximum Gasteiger partial charge on any atom is 0.224 e. The van der Waals surface area contributed by atoms with Crippen LogP contribution in [0.2, 0.25) is 0 Å². The average Bonchev–Trinajstić information content (AvgIpc) is 2.19. The van der Waals surface area contributed by atoms with Crippen LogP contribution in [0.1, 0.15) is 18.9 Å². The largest absolute Gasteiger partial charge is 0.396 e. The lowest BCUT2D eigenvalue weighted by atomic mass is 10.1. The van der Waals surface area contributed by atoms with E-state index in [0.29, 0.717) is 12.8 Å². The van der Waals surface area contributed by atoms with Crippen LogP contribution in [-0.4, -0.2) is 23.7 Å². The highest BCUT2D eigenvalue weighted by atomic mass is 16.3. The second-order valence-electron chi connectivity index (χ2n) is 3.64. The summed E-state index contributed by atoms with van der Waals surface area (Å²) in [6.45, 7) is 1.99. The Kier molecular flexibility index (Phi) is 4.84. The fourth-order valence-corrected chi connectivity index (χ4v) is 1.37. The molecule has 1 aromatic carbocycles. The standard InChI is InChI=1S/C12H17NO2/c1-10(7-8-14)13-12(15)9-11-5-3-2-4-6-11/h2-6,10,14H,7-9H2,1H3,(H,13,15). The molecule has 82 valence electrons. The van der Waals surface area contributed by atoms with Gasteiger partial charge >= 0.3 is 0 Å². The summed E-state index contributed by atoms with van der Waals surface area (Å²) in [4.78, 5) is 11.5. The smallest absolute Gasteiger partial charge is 0.224 e. The van der Waals surface area contributed by atoms with Crippen molar-refractivity contribution >= 4 is 5.91 Å². The first kappa shape index (κ1) is 11.7. The van der Waals surface area contributed by atoms with Crippen LogP contribution in [0.3, 0.4) is 0 Å². The molecule has 1 aromatic rings. The van der Waals surface area contributed by atoms with E-state index in [0.717, 1.165) is 5.56 Å². The van der Waals surface area contributed by atoms with Gasteiger partial charge in [0.05, 0.1) is 6.42 Å². The highest BCUT2D eigenvalue weighted by Gasteiger charge is 2.06. The Morgan fingerprint density at radius 1 is 1.40 bits per heavy atom. The number of aliphatic hydroxyl groups excluding tert-OH is 1. The molecule has 3 nitrogen and oxygen atoms in total. The van der Waals surface area contributed by atoms with E-state index in [2.05, 4.69) is 5.32 Å². The molecule has 0 saturated heterocycles. The molecule has 1 rings (SSSR count). The Hall–Kier alpha value is -1.35. The molecule has 15 heavy (non-hydrogen) atoms. The first-order valence-corrected chi connectivity index (χ1v) is 5.16. The Balaban J connectivity index is 2.36. The predicted molar refractivity (Wildman–Crippen MR) is 59.5 cm³/mol. The zero-order chi connectivity index (χ0) is 11.1. The van der Waals surface area contributed by atoms with Crippen molar-refractivity contribution in [2.24, 2.45) is 0 Å². The van der Waals surface area contributed by atoms with E-state index in [1.54, 1.807) is 0 Å². The molecule has 1 amide bonds. The van der Waals surface area contributed by atoms with Gasteiger partial charge in [0.2, 0.25) is 5.91 Å². The first-order valence-electron chi connectivity index (χ1n) is 5.16. The molecule has 0 aliphatic carbocycles. The van der Waals surface area contributed by atoms with Gasteiger partial charge < -0.3 is 10.4 Å². The van der Waals surface area contributed by atoms with Gasteiger partial charge in [0.25, 0.3) is 0 Å². The highest BCUT2D eigenvalue weighted by Crippen LogP contribution is 2.00. The topological polar surface area (TPSA) is 49.3 Å². The van der Waals surface area contributed by atoms with Gasteiger partial charge in [-0.05, 0) is 18.9 Å². The summed E-state index contributed by atoms with van der Waals surface area (Å²) >= 11 is 0. The van der Waals surface area contributed by atoms with Crippen LogP contribution in [0.5, 0.6) is 0 Å².